The molecule has 5 heteroatoms. The second-order valence-electron chi connectivity index (χ2n) is 5.14. The van der Waals surface area contributed by atoms with Crippen LogP contribution in [0.15, 0.2) is 22.7 Å². The van der Waals surface area contributed by atoms with E-state index in [0.717, 1.165) is 41.7 Å². The Morgan fingerprint density at radius 3 is 2.90 bits per heavy atom. The summed E-state index contributed by atoms with van der Waals surface area (Å²) in [6.07, 6.45) is 2.76. The zero-order valence-electron chi connectivity index (χ0n) is 11.7. The van der Waals surface area contributed by atoms with Crippen LogP contribution in [0.25, 0.3) is 0 Å². The van der Waals surface area contributed by atoms with Crippen molar-refractivity contribution >= 4 is 27.5 Å². The van der Waals surface area contributed by atoms with Gasteiger partial charge in [0.1, 0.15) is 0 Å². The van der Waals surface area contributed by atoms with Crippen molar-refractivity contribution in [1.29, 1.82) is 0 Å². The van der Waals surface area contributed by atoms with Crippen LogP contribution < -0.4 is 10.6 Å². The largest absolute Gasteiger partial charge is 0.380 e. The highest BCUT2D eigenvalue weighted by Crippen LogP contribution is 2.26. The van der Waals surface area contributed by atoms with Gasteiger partial charge in [-0.25, -0.2) is 0 Å². The number of hydrogen-bond acceptors (Lipinski definition) is 3. The number of carbonyl (C=O) groups excluding carboxylic acids is 1. The number of piperidine rings is 1. The lowest BCUT2D eigenvalue weighted by Gasteiger charge is -2.22. The highest BCUT2D eigenvalue weighted by molar-refractivity contribution is 9.10. The monoisotopic (exact) mass is 340 g/mol. The second kappa shape index (κ2) is 7.76. The molecule has 0 bridgehead atoms. The predicted octanol–water partition coefficient (Wildman–Crippen LogP) is 2.92. The summed E-state index contributed by atoms with van der Waals surface area (Å²) in [6.45, 7) is 2.51. The molecule has 0 aromatic heterocycles. The first-order valence-electron chi connectivity index (χ1n) is 6.97. The van der Waals surface area contributed by atoms with Crippen LogP contribution in [0.5, 0.6) is 0 Å². The summed E-state index contributed by atoms with van der Waals surface area (Å²) in [6, 6.07) is 5.79. The molecule has 2 rings (SSSR count). The van der Waals surface area contributed by atoms with E-state index < -0.39 is 0 Å². The normalized spacial score (nSPS) is 16.1. The number of methoxy groups -OCH3 is 1. The molecule has 1 aromatic rings. The van der Waals surface area contributed by atoms with E-state index in [1.54, 1.807) is 7.11 Å². The third kappa shape index (κ3) is 4.30. The highest BCUT2D eigenvalue weighted by atomic mass is 79.9. The molecule has 4 nitrogen and oxygen atoms in total. The molecule has 2 N–H and O–H groups in total. The Bertz CT molecular complexity index is 459. The van der Waals surface area contributed by atoms with Crippen LogP contribution in [0.3, 0.4) is 0 Å². The number of hydrogen-bond donors (Lipinski definition) is 2. The average Bonchev–Trinajstić information content (AvgIpc) is 2.44. The predicted molar refractivity (Wildman–Crippen MR) is 83.7 cm³/mol. The molecule has 20 heavy (non-hydrogen) atoms. The minimum atomic E-state index is 0.0901. The van der Waals surface area contributed by atoms with Gasteiger partial charge in [-0.1, -0.05) is 22.0 Å². The number of nitrogens with one attached hydrogen (secondary N) is 2. The Kier molecular flexibility index (Phi) is 6.01. The SMILES string of the molecule is COCc1c(Br)cccc1NC(=O)CC1CCNCC1. The van der Waals surface area contributed by atoms with Crippen LogP contribution in [-0.2, 0) is 16.1 Å². The zero-order chi connectivity index (χ0) is 14.4. The maximum Gasteiger partial charge on any atom is 0.224 e. The minimum Gasteiger partial charge on any atom is -0.380 e. The molecule has 1 fully saturated rings. The fourth-order valence-electron chi connectivity index (χ4n) is 2.52. The second-order valence-corrected chi connectivity index (χ2v) is 6.00. The Balaban J connectivity index is 1.98. The molecule has 0 spiro atoms. The van der Waals surface area contributed by atoms with E-state index in [0.29, 0.717) is 18.9 Å². The summed E-state index contributed by atoms with van der Waals surface area (Å²) in [4.78, 5) is 12.2. The van der Waals surface area contributed by atoms with Gasteiger partial charge in [0, 0.05) is 29.3 Å². The summed E-state index contributed by atoms with van der Waals surface area (Å²) >= 11 is 3.50. The van der Waals surface area contributed by atoms with Crippen LogP contribution in [0, 0.1) is 5.92 Å². The molecule has 0 radical (unpaired) electrons. The number of amides is 1. The number of carbonyl (C=O) groups is 1. The van der Waals surface area contributed by atoms with E-state index in [9.17, 15) is 4.79 Å². The number of rotatable bonds is 5. The molecule has 0 atom stereocenters. The van der Waals surface area contributed by atoms with Crippen molar-refractivity contribution in [1.82, 2.24) is 5.32 Å². The molecule has 0 unspecified atom stereocenters. The smallest absolute Gasteiger partial charge is 0.224 e. The van der Waals surface area contributed by atoms with E-state index in [-0.39, 0.29) is 5.91 Å². The van der Waals surface area contributed by atoms with Gasteiger partial charge in [0.25, 0.3) is 0 Å². The molecule has 1 aliphatic rings. The number of anilines is 1. The van der Waals surface area contributed by atoms with E-state index >= 15 is 0 Å². The lowest BCUT2D eigenvalue weighted by atomic mass is 9.94. The molecular formula is C15H21BrN2O2. The molecule has 1 aromatic carbocycles. The lowest BCUT2D eigenvalue weighted by Crippen LogP contribution is -2.30. The van der Waals surface area contributed by atoms with Crippen LogP contribution in [0.1, 0.15) is 24.8 Å². The first-order chi connectivity index (χ1) is 9.70. The van der Waals surface area contributed by atoms with Crippen molar-refractivity contribution in [3.05, 3.63) is 28.2 Å². The molecular weight excluding hydrogens is 320 g/mol. The van der Waals surface area contributed by atoms with E-state index in [4.69, 9.17) is 4.74 Å². The molecule has 0 aliphatic carbocycles. The first kappa shape index (κ1) is 15.5. The standard InChI is InChI=1S/C15H21BrN2O2/c1-20-10-12-13(16)3-2-4-14(12)18-15(19)9-11-5-7-17-8-6-11/h2-4,11,17H,5-10H2,1H3,(H,18,19). The van der Waals surface area contributed by atoms with Gasteiger partial charge in [0.2, 0.25) is 5.91 Å². The fourth-order valence-corrected chi connectivity index (χ4v) is 3.00. The number of benzene rings is 1. The van der Waals surface area contributed by atoms with Gasteiger partial charge in [-0.2, -0.15) is 0 Å². The van der Waals surface area contributed by atoms with Gasteiger partial charge < -0.3 is 15.4 Å². The van der Waals surface area contributed by atoms with Crippen LogP contribution >= 0.6 is 15.9 Å². The highest BCUT2D eigenvalue weighted by Gasteiger charge is 2.17. The van der Waals surface area contributed by atoms with Gasteiger partial charge in [-0.3, -0.25) is 4.79 Å². The molecule has 1 heterocycles. The van der Waals surface area contributed by atoms with Crippen LogP contribution in [0.4, 0.5) is 5.69 Å². The Morgan fingerprint density at radius 1 is 1.45 bits per heavy atom. The summed E-state index contributed by atoms with van der Waals surface area (Å²) in [7, 11) is 1.65. The van der Waals surface area contributed by atoms with Gasteiger partial charge >= 0.3 is 0 Å². The maximum atomic E-state index is 12.2. The van der Waals surface area contributed by atoms with Crippen LogP contribution in [0.2, 0.25) is 0 Å². The summed E-state index contributed by atoms with van der Waals surface area (Å²) < 4.78 is 6.15. The van der Waals surface area contributed by atoms with Gasteiger partial charge in [-0.05, 0) is 44.0 Å². The van der Waals surface area contributed by atoms with Crippen molar-refractivity contribution in [2.75, 3.05) is 25.5 Å². The topological polar surface area (TPSA) is 50.4 Å². The Morgan fingerprint density at radius 2 is 2.20 bits per heavy atom. The molecule has 1 aliphatic heterocycles. The summed E-state index contributed by atoms with van der Waals surface area (Å²) in [5.74, 6) is 0.585. The van der Waals surface area contributed by atoms with Crippen LogP contribution in [-0.4, -0.2) is 26.1 Å². The summed E-state index contributed by atoms with van der Waals surface area (Å²) in [5.41, 5.74) is 1.81. The van der Waals surface area contributed by atoms with Crippen molar-refractivity contribution in [2.45, 2.75) is 25.9 Å². The zero-order valence-corrected chi connectivity index (χ0v) is 13.3. The maximum absolute atomic E-state index is 12.2. The first-order valence-corrected chi connectivity index (χ1v) is 7.77. The Hall–Kier alpha value is -0.910. The van der Waals surface area contributed by atoms with E-state index in [1.807, 2.05) is 18.2 Å². The number of halogens is 1. The molecule has 1 saturated heterocycles. The fraction of sp³-hybridized carbons (Fsp3) is 0.533. The van der Waals surface area contributed by atoms with Crippen molar-refractivity contribution in [2.24, 2.45) is 5.92 Å². The van der Waals surface area contributed by atoms with Crippen molar-refractivity contribution in [3.63, 3.8) is 0 Å². The van der Waals surface area contributed by atoms with E-state index in [1.165, 1.54) is 0 Å². The minimum absolute atomic E-state index is 0.0901. The lowest BCUT2D eigenvalue weighted by molar-refractivity contribution is -0.117. The molecule has 1 amide bonds. The molecule has 0 saturated carbocycles. The van der Waals surface area contributed by atoms with E-state index in [2.05, 4.69) is 26.6 Å². The molecule has 110 valence electrons. The van der Waals surface area contributed by atoms with Gasteiger partial charge in [0.05, 0.1) is 6.61 Å². The van der Waals surface area contributed by atoms with Gasteiger partial charge in [0.15, 0.2) is 0 Å². The Labute approximate surface area is 128 Å². The third-order valence-corrected chi connectivity index (χ3v) is 4.36. The van der Waals surface area contributed by atoms with Crippen molar-refractivity contribution in [3.8, 4) is 0 Å². The summed E-state index contributed by atoms with van der Waals surface area (Å²) in [5, 5.41) is 6.33. The van der Waals surface area contributed by atoms with Gasteiger partial charge in [-0.15, -0.1) is 0 Å². The average molecular weight is 341 g/mol. The number of ether oxygens (including phenoxy) is 1. The quantitative estimate of drug-likeness (QED) is 0.866. The third-order valence-electron chi connectivity index (χ3n) is 3.61. The van der Waals surface area contributed by atoms with Crippen molar-refractivity contribution < 1.29 is 9.53 Å².